The van der Waals surface area contributed by atoms with Crippen LogP contribution in [0.2, 0.25) is 0 Å². The van der Waals surface area contributed by atoms with E-state index in [1.54, 1.807) is 7.11 Å². The number of para-hydroxylation sites is 2. The van der Waals surface area contributed by atoms with Crippen molar-refractivity contribution in [1.82, 2.24) is 0 Å². The zero-order valence-electron chi connectivity index (χ0n) is 13.7. The van der Waals surface area contributed by atoms with Crippen LogP contribution in [0.1, 0.15) is 31.2 Å². The van der Waals surface area contributed by atoms with Crippen LogP contribution in [0.4, 0.5) is 0 Å². The minimum Gasteiger partial charge on any atom is -0.493 e. The van der Waals surface area contributed by atoms with E-state index in [2.05, 4.69) is 24.3 Å². The fourth-order valence-corrected chi connectivity index (χ4v) is 3.13. The first-order valence-corrected chi connectivity index (χ1v) is 8.29. The lowest BCUT2D eigenvalue weighted by Crippen LogP contribution is -2.36. The molecule has 0 amide bonds. The second kappa shape index (κ2) is 7.51. The van der Waals surface area contributed by atoms with Gasteiger partial charge in [0.25, 0.3) is 0 Å². The standard InChI is InChI=1S/C20H24O3/c1-21-18-12-6-7-13-19(18)22-16-20(14-8-3-9-15-23-20)17-10-4-2-5-11-17/h2,4-7,10-13H,3,8-9,14-16H2,1H3. The van der Waals surface area contributed by atoms with Crippen molar-refractivity contribution in [3.05, 3.63) is 60.2 Å². The summed E-state index contributed by atoms with van der Waals surface area (Å²) in [6.07, 6.45) is 4.46. The molecule has 23 heavy (non-hydrogen) atoms. The van der Waals surface area contributed by atoms with Crippen molar-refractivity contribution < 1.29 is 14.2 Å². The smallest absolute Gasteiger partial charge is 0.161 e. The number of rotatable bonds is 5. The van der Waals surface area contributed by atoms with Crippen LogP contribution in [0.15, 0.2) is 54.6 Å². The maximum atomic E-state index is 6.31. The average molecular weight is 312 g/mol. The van der Waals surface area contributed by atoms with Crippen LogP contribution in [0.5, 0.6) is 11.5 Å². The lowest BCUT2D eigenvalue weighted by atomic mass is 9.89. The molecule has 2 aromatic carbocycles. The molecule has 0 aliphatic carbocycles. The van der Waals surface area contributed by atoms with Gasteiger partial charge in [0.15, 0.2) is 11.5 Å². The van der Waals surface area contributed by atoms with Gasteiger partial charge in [-0.1, -0.05) is 55.3 Å². The highest BCUT2D eigenvalue weighted by Gasteiger charge is 2.35. The summed E-state index contributed by atoms with van der Waals surface area (Å²) in [5.41, 5.74) is 0.815. The third-order valence-corrected chi connectivity index (χ3v) is 4.43. The van der Waals surface area contributed by atoms with Gasteiger partial charge in [-0.2, -0.15) is 0 Å². The summed E-state index contributed by atoms with van der Waals surface area (Å²) in [6.45, 7) is 1.28. The van der Waals surface area contributed by atoms with Crippen molar-refractivity contribution in [3.8, 4) is 11.5 Å². The molecule has 0 bridgehead atoms. The molecular formula is C20H24O3. The SMILES string of the molecule is COc1ccccc1OCC1(c2ccccc2)CCCCCO1. The predicted octanol–water partition coefficient (Wildman–Crippen LogP) is 4.56. The summed E-state index contributed by atoms with van der Waals surface area (Å²) in [5.74, 6) is 1.52. The van der Waals surface area contributed by atoms with Gasteiger partial charge in [0.2, 0.25) is 0 Å². The normalized spacial score (nSPS) is 21.4. The molecule has 1 heterocycles. The third kappa shape index (κ3) is 3.67. The van der Waals surface area contributed by atoms with Gasteiger partial charge in [-0.25, -0.2) is 0 Å². The van der Waals surface area contributed by atoms with E-state index >= 15 is 0 Å². The van der Waals surface area contributed by atoms with Crippen molar-refractivity contribution >= 4 is 0 Å². The van der Waals surface area contributed by atoms with Gasteiger partial charge in [-0.15, -0.1) is 0 Å². The molecule has 1 unspecified atom stereocenters. The fourth-order valence-electron chi connectivity index (χ4n) is 3.13. The molecule has 1 saturated heterocycles. The Labute approximate surface area is 138 Å². The zero-order valence-corrected chi connectivity index (χ0v) is 13.7. The van der Waals surface area contributed by atoms with Crippen molar-refractivity contribution in [2.45, 2.75) is 31.3 Å². The Morgan fingerprint density at radius 1 is 0.913 bits per heavy atom. The quantitative estimate of drug-likeness (QED) is 0.810. The van der Waals surface area contributed by atoms with E-state index in [4.69, 9.17) is 14.2 Å². The van der Waals surface area contributed by atoms with Crippen LogP contribution in [0.3, 0.4) is 0 Å². The summed E-state index contributed by atoms with van der Waals surface area (Å²) in [5, 5.41) is 0. The van der Waals surface area contributed by atoms with Crippen molar-refractivity contribution in [2.24, 2.45) is 0 Å². The number of hydrogen-bond donors (Lipinski definition) is 0. The molecule has 1 aliphatic heterocycles. The molecule has 3 rings (SSSR count). The highest BCUT2D eigenvalue weighted by molar-refractivity contribution is 5.39. The van der Waals surface area contributed by atoms with Gasteiger partial charge in [0.1, 0.15) is 12.2 Å². The summed E-state index contributed by atoms with van der Waals surface area (Å²) in [4.78, 5) is 0. The van der Waals surface area contributed by atoms with Crippen molar-refractivity contribution in [2.75, 3.05) is 20.3 Å². The molecule has 0 aromatic heterocycles. The molecule has 1 aliphatic rings. The molecule has 3 nitrogen and oxygen atoms in total. The first-order chi connectivity index (χ1) is 11.3. The number of hydrogen-bond acceptors (Lipinski definition) is 3. The molecule has 0 N–H and O–H groups in total. The molecule has 1 fully saturated rings. The van der Waals surface area contributed by atoms with E-state index in [9.17, 15) is 0 Å². The van der Waals surface area contributed by atoms with Crippen LogP contribution >= 0.6 is 0 Å². The lowest BCUT2D eigenvalue weighted by Gasteiger charge is -2.33. The van der Waals surface area contributed by atoms with Gasteiger partial charge in [0, 0.05) is 6.61 Å². The monoisotopic (exact) mass is 312 g/mol. The number of benzene rings is 2. The zero-order chi connectivity index (χ0) is 16.0. The highest BCUT2D eigenvalue weighted by Crippen LogP contribution is 2.36. The van der Waals surface area contributed by atoms with Crippen molar-refractivity contribution in [3.63, 3.8) is 0 Å². The topological polar surface area (TPSA) is 27.7 Å². The Balaban J connectivity index is 1.84. The largest absolute Gasteiger partial charge is 0.493 e. The van der Waals surface area contributed by atoms with Crippen LogP contribution in [0.25, 0.3) is 0 Å². The Morgan fingerprint density at radius 2 is 1.65 bits per heavy atom. The molecule has 1 atom stereocenters. The lowest BCUT2D eigenvalue weighted by molar-refractivity contribution is -0.0769. The first-order valence-electron chi connectivity index (χ1n) is 8.29. The Morgan fingerprint density at radius 3 is 2.43 bits per heavy atom. The maximum absolute atomic E-state index is 6.31. The van der Waals surface area contributed by atoms with E-state index in [1.807, 2.05) is 30.3 Å². The van der Waals surface area contributed by atoms with Crippen LogP contribution in [0, 0.1) is 0 Å². The minimum atomic E-state index is -0.376. The van der Waals surface area contributed by atoms with Crippen LogP contribution in [-0.2, 0) is 10.3 Å². The van der Waals surface area contributed by atoms with Gasteiger partial charge >= 0.3 is 0 Å². The number of methoxy groups -OCH3 is 1. The molecule has 2 aromatic rings. The van der Waals surface area contributed by atoms with Gasteiger partial charge in [-0.3, -0.25) is 0 Å². The summed E-state index contributed by atoms with van der Waals surface area (Å²) in [7, 11) is 1.66. The summed E-state index contributed by atoms with van der Waals surface area (Å²) in [6, 6.07) is 18.2. The Kier molecular flexibility index (Phi) is 5.19. The summed E-state index contributed by atoms with van der Waals surface area (Å²) >= 11 is 0. The Hall–Kier alpha value is -2.00. The second-order valence-corrected chi connectivity index (χ2v) is 5.96. The van der Waals surface area contributed by atoms with Gasteiger partial charge in [0.05, 0.1) is 7.11 Å². The predicted molar refractivity (Wildman–Crippen MR) is 91.0 cm³/mol. The summed E-state index contributed by atoms with van der Waals surface area (Å²) < 4.78 is 17.8. The van der Waals surface area contributed by atoms with Crippen molar-refractivity contribution in [1.29, 1.82) is 0 Å². The van der Waals surface area contributed by atoms with Gasteiger partial charge < -0.3 is 14.2 Å². The minimum absolute atomic E-state index is 0.376. The van der Waals surface area contributed by atoms with Crippen LogP contribution in [-0.4, -0.2) is 20.3 Å². The van der Waals surface area contributed by atoms with Gasteiger partial charge in [-0.05, 0) is 30.5 Å². The highest BCUT2D eigenvalue weighted by atomic mass is 16.6. The maximum Gasteiger partial charge on any atom is 0.161 e. The average Bonchev–Trinajstić information content (AvgIpc) is 2.87. The Bertz CT molecular complexity index is 601. The molecule has 0 radical (unpaired) electrons. The van der Waals surface area contributed by atoms with E-state index < -0.39 is 0 Å². The van der Waals surface area contributed by atoms with E-state index in [0.29, 0.717) is 6.61 Å². The fraction of sp³-hybridized carbons (Fsp3) is 0.400. The van der Waals surface area contributed by atoms with E-state index in [-0.39, 0.29) is 5.60 Å². The van der Waals surface area contributed by atoms with E-state index in [1.165, 1.54) is 12.0 Å². The molecule has 122 valence electrons. The third-order valence-electron chi connectivity index (χ3n) is 4.43. The molecular weight excluding hydrogens is 288 g/mol. The second-order valence-electron chi connectivity index (χ2n) is 5.96. The first kappa shape index (κ1) is 15.9. The number of ether oxygens (including phenoxy) is 3. The molecule has 3 heteroatoms. The molecule has 0 spiro atoms. The van der Waals surface area contributed by atoms with Crippen LogP contribution < -0.4 is 9.47 Å². The van der Waals surface area contributed by atoms with E-state index in [0.717, 1.165) is 37.4 Å². The molecule has 0 saturated carbocycles.